The molecule has 0 aromatic heterocycles. The van der Waals surface area contributed by atoms with Gasteiger partial charge in [0.2, 0.25) is 0 Å². The van der Waals surface area contributed by atoms with E-state index in [9.17, 15) is 9.59 Å². The summed E-state index contributed by atoms with van der Waals surface area (Å²) in [5.74, 6) is -0.0496. The molecule has 1 heterocycles. The summed E-state index contributed by atoms with van der Waals surface area (Å²) in [6.45, 7) is 8.45. The van der Waals surface area contributed by atoms with E-state index in [4.69, 9.17) is 4.74 Å². The molecule has 4 heteroatoms. The van der Waals surface area contributed by atoms with Crippen molar-refractivity contribution >= 4 is 11.9 Å². The highest BCUT2D eigenvalue weighted by molar-refractivity contribution is 5.90. The molecule has 2 rings (SSSR count). The van der Waals surface area contributed by atoms with Gasteiger partial charge in [0.25, 0.3) is 0 Å². The van der Waals surface area contributed by atoms with E-state index in [0.717, 1.165) is 22.4 Å². The minimum absolute atomic E-state index is 0.229. The van der Waals surface area contributed by atoms with Gasteiger partial charge in [0.1, 0.15) is 5.75 Å². The van der Waals surface area contributed by atoms with Crippen molar-refractivity contribution in [2.75, 3.05) is 6.61 Å². The summed E-state index contributed by atoms with van der Waals surface area (Å²) < 4.78 is 10.2. The summed E-state index contributed by atoms with van der Waals surface area (Å²) in [6.07, 6.45) is 0.458. The third kappa shape index (κ3) is 2.69. The van der Waals surface area contributed by atoms with Crippen molar-refractivity contribution in [1.29, 1.82) is 0 Å². The highest BCUT2D eigenvalue weighted by Crippen LogP contribution is 2.39. The maximum Gasteiger partial charge on any atom is 0.314 e. The molecule has 1 aromatic rings. The Bertz CT molecular complexity index is 544. The van der Waals surface area contributed by atoms with Crippen molar-refractivity contribution in [3.05, 3.63) is 28.8 Å². The van der Waals surface area contributed by atoms with Crippen molar-refractivity contribution in [2.45, 2.75) is 46.0 Å². The van der Waals surface area contributed by atoms with Crippen LogP contribution in [0.3, 0.4) is 0 Å². The van der Waals surface area contributed by atoms with Crippen LogP contribution in [0.15, 0.2) is 12.1 Å². The number of carbonyl (C=O) groups excluding carboxylic acids is 2. The van der Waals surface area contributed by atoms with Crippen LogP contribution in [-0.2, 0) is 19.7 Å². The minimum Gasteiger partial charge on any atom is -0.494 e. The molecule has 0 bridgehead atoms. The number of carbonyl (C=O) groups is 2. The van der Waals surface area contributed by atoms with Crippen LogP contribution in [0.25, 0.3) is 0 Å². The summed E-state index contributed by atoms with van der Waals surface area (Å²) in [6, 6.07) is 4.00. The second-order valence-corrected chi connectivity index (χ2v) is 5.63. The van der Waals surface area contributed by atoms with E-state index in [0.29, 0.717) is 6.61 Å². The number of hydrogen-bond acceptors (Lipinski definition) is 4. The average Bonchev–Trinajstić information content (AvgIpc) is 2.31. The van der Waals surface area contributed by atoms with Gasteiger partial charge < -0.3 is 9.47 Å². The molecule has 0 saturated carbocycles. The number of hydrogen-bond donors (Lipinski definition) is 0. The van der Waals surface area contributed by atoms with E-state index in [-0.39, 0.29) is 12.8 Å². The highest BCUT2D eigenvalue weighted by atomic mass is 16.6. The Morgan fingerprint density at radius 2 is 1.75 bits per heavy atom. The maximum absolute atomic E-state index is 11.6. The first-order valence-corrected chi connectivity index (χ1v) is 6.84. The Morgan fingerprint density at radius 3 is 2.30 bits per heavy atom. The van der Waals surface area contributed by atoms with E-state index in [2.05, 4.69) is 4.74 Å². The molecule has 0 aliphatic carbocycles. The van der Waals surface area contributed by atoms with Gasteiger partial charge >= 0.3 is 11.9 Å². The molecule has 1 aliphatic heterocycles. The highest BCUT2D eigenvalue weighted by Gasteiger charge is 2.39. The standard InChI is InChI=1S/C16H20O4/c1-5-19-13-7-10(2)12(6-11(13)3)16(4)8-14(17)20-15(18)9-16/h6-7H,5,8-9H2,1-4H3. The Labute approximate surface area is 119 Å². The number of benzene rings is 1. The molecule has 0 atom stereocenters. The first-order chi connectivity index (χ1) is 9.35. The van der Waals surface area contributed by atoms with Gasteiger partial charge in [-0.15, -0.1) is 0 Å². The van der Waals surface area contributed by atoms with Gasteiger partial charge in [0.15, 0.2) is 0 Å². The van der Waals surface area contributed by atoms with Crippen LogP contribution in [0.5, 0.6) is 5.75 Å². The van der Waals surface area contributed by atoms with Crippen LogP contribution >= 0.6 is 0 Å². The molecule has 108 valence electrons. The molecule has 0 N–H and O–H groups in total. The molecule has 1 saturated heterocycles. The zero-order valence-electron chi connectivity index (χ0n) is 12.4. The summed E-state index contributed by atoms with van der Waals surface area (Å²) in [5, 5.41) is 0. The maximum atomic E-state index is 11.6. The van der Waals surface area contributed by atoms with Gasteiger partial charge in [-0.2, -0.15) is 0 Å². The lowest BCUT2D eigenvalue weighted by Gasteiger charge is -2.33. The average molecular weight is 276 g/mol. The Kier molecular flexibility index (Phi) is 3.84. The molecule has 0 unspecified atom stereocenters. The summed E-state index contributed by atoms with van der Waals surface area (Å²) in [4.78, 5) is 23.1. The molecule has 0 spiro atoms. The topological polar surface area (TPSA) is 52.6 Å². The Morgan fingerprint density at radius 1 is 1.15 bits per heavy atom. The van der Waals surface area contributed by atoms with Gasteiger partial charge in [-0.05, 0) is 43.5 Å². The van der Waals surface area contributed by atoms with Crippen molar-refractivity contribution in [3.8, 4) is 5.75 Å². The normalized spacial score (nSPS) is 17.8. The Balaban J connectivity index is 2.44. The van der Waals surface area contributed by atoms with E-state index < -0.39 is 17.4 Å². The first kappa shape index (κ1) is 14.6. The zero-order chi connectivity index (χ0) is 14.9. The quantitative estimate of drug-likeness (QED) is 0.629. The SMILES string of the molecule is CCOc1cc(C)c(C2(C)CC(=O)OC(=O)C2)cc1C. The lowest BCUT2D eigenvalue weighted by Crippen LogP contribution is -2.37. The van der Waals surface area contributed by atoms with Gasteiger partial charge in [-0.1, -0.05) is 13.0 Å². The smallest absolute Gasteiger partial charge is 0.314 e. The van der Waals surface area contributed by atoms with Gasteiger partial charge in [0.05, 0.1) is 19.4 Å². The number of esters is 2. The first-order valence-electron chi connectivity index (χ1n) is 6.84. The number of aryl methyl sites for hydroxylation is 2. The molecule has 20 heavy (non-hydrogen) atoms. The van der Waals surface area contributed by atoms with E-state index in [1.54, 1.807) is 0 Å². The van der Waals surface area contributed by atoms with Crippen molar-refractivity contribution < 1.29 is 19.1 Å². The van der Waals surface area contributed by atoms with Crippen molar-refractivity contribution in [1.82, 2.24) is 0 Å². The van der Waals surface area contributed by atoms with Gasteiger partial charge in [0, 0.05) is 5.41 Å². The summed E-state index contributed by atoms with van der Waals surface area (Å²) >= 11 is 0. The van der Waals surface area contributed by atoms with Crippen LogP contribution in [0.4, 0.5) is 0 Å². The van der Waals surface area contributed by atoms with Crippen LogP contribution in [0.2, 0.25) is 0 Å². The van der Waals surface area contributed by atoms with Crippen molar-refractivity contribution in [3.63, 3.8) is 0 Å². The van der Waals surface area contributed by atoms with Gasteiger partial charge in [-0.25, -0.2) is 0 Å². The molecule has 1 aromatic carbocycles. The largest absolute Gasteiger partial charge is 0.494 e. The third-order valence-electron chi connectivity index (χ3n) is 3.77. The number of ether oxygens (including phenoxy) is 2. The Hall–Kier alpha value is -1.84. The molecular weight excluding hydrogens is 256 g/mol. The molecule has 0 radical (unpaired) electrons. The fraction of sp³-hybridized carbons (Fsp3) is 0.500. The van der Waals surface area contributed by atoms with E-state index >= 15 is 0 Å². The monoisotopic (exact) mass is 276 g/mol. The zero-order valence-corrected chi connectivity index (χ0v) is 12.4. The molecule has 4 nitrogen and oxygen atoms in total. The van der Waals surface area contributed by atoms with Crippen LogP contribution in [0.1, 0.15) is 43.4 Å². The predicted octanol–water partition coefficient (Wildman–Crippen LogP) is 2.82. The molecular formula is C16H20O4. The summed E-state index contributed by atoms with van der Waals surface area (Å²) in [7, 11) is 0. The number of rotatable bonds is 3. The lowest BCUT2D eigenvalue weighted by molar-refractivity contribution is -0.166. The van der Waals surface area contributed by atoms with Crippen LogP contribution in [0, 0.1) is 13.8 Å². The lowest BCUT2D eigenvalue weighted by atomic mass is 9.73. The van der Waals surface area contributed by atoms with E-state index in [1.165, 1.54) is 0 Å². The summed E-state index contributed by atoms with van der Waals surface area (Å²) in [5.41, 5.74) is 2.57. The second-order valence-electron chi connectivity index (χ2n) is 5.63. The predicted molar refractivity (Wildman–Crippen MR) is 74.8 cm³/mol. The van der Waals surface area contributed by atoms with Crippen molar-refractivity contribution in [2.24, 2.45) is 0 Å². The van der Waals surface area contributed by atoms with Crippen LogP contribution in [-0.4, -0.2) is 18.5 Å². The number of cyclic esters (lactones) is 2. The van der Waals surface area contributed by atoms with E-state index in [1.807, 2.05) is 39.8 Å². The minimum atomic E-state index is -0.494. The fourth-order valence-electron chi connectivity index (χ4n) is 2.84. The second kappa shape index (κ2) is 5.27. The molecule has 1 aliphatic rings. The van der Waals surface area contributed by atoms with Gasteiger partial charge in [-0.3, -0.25) is 9.59 Å². The molecule has 0 amide bonds. The third-order valence-corrected chi connectivity index (χ3v) is 3.77. The molecule has 1 fully saturated rings. The van der Waals surface area contributed by atoms with Crippen LogP contribution < -0.4 is 4.74 Å². The fourth-order valence-corrected chi connectivity index (χ4v) is 2.84.